The number of thiophene rings is 1. The topological polar surface area (TPSA) is 70.4 Å². The smallest absolute Gasteiger partial charge is 0.158 e. The number of allylic oxidation sites excluding steroid dienone is 8. The fraction of sp³-hybridized carbons (Fsp3) is 0.355. The molecule has 2 aromatic rings. The summed E-state index contributed by atoms with van der Waals surface area (Å²) in [6.07, 6.45) is 20.3. The van der Waals surface area contributed by atoms with Gasteiger partial charge in [0.25, 0.3) is 0 Å². The summed E-state index contributed by atoms with van der Waals surface area (Å²) in [5, 5.41) is 13.9. The summed E-state index contributed by atoms with van der Waals surface area (Å²) in [6.45, 7) is 10.7. The van der Waals surface area contributed by atoms with Gasteiger partial charge in [0.15, 0.2) is 5.82 Å². The molecule has 0 atom stereocenters. The fourth-order valence-electron chi connectivity index (χ4n) is 3.91. The highest BCUT2D eigenvalue weighted by Gasteiger charge is 2.26. The van der Waals surface area contributed by atoms with Gasteiger partial charge in [-0.15, -0.1) is 17.1 Å². The van der Waals surface area contributed by atoms with Crippen LogP contribution in [-0.2, 0) is 5.41 Å². The van der Waals surface area contributed by atoms with Gasteiger partial charge in [0.2, 0.25) is 0 Å². The van der Waals surface area contributed by atoms with Crippen molar-refractivity contribution in [3.8, 4) is 11.8 Å². The van der Waals surface area contributed by atoms with Gasteiger partial charge in [-0.05, 0) is 62.3 Å². The maximum absolute atomic E-state index is 10.3. The Morgan fingerprint density at radius 2 is 1.97 bits per heavy atom. The van der Waals surface area contributed by atoms with Crippen LogP contribution >= 0.6 is 11.3 Å². The summed E-state index contributed by atoms with van der Waals surface area (Å²) >= 11 is 1.68. The van der Waals surface area contributed by atoms with Crippen molar-refractivity contribution in [1.29, 1.82) is 0 Å². The Morgan fingerprint density at radius 1 is 1.14 bits per heavy atom. The van der Waals surface area contributed by atoms with E-state index in [1.54, 1.807) is 37.6 Å². The summed E-state index contributed by atoms with van der Waals surface area (Å²) in [6, 6.07) is 0. The van der Waals surface area contributed by atoms with E-state index in [4.69, 9.17) is 9.97 Å². The number of fused-ring (bicyclic) bond motifs is 1. The molecule has 0 bridgehead atoms. The maximum atomic E-state index is 10.3. The van der Waals surface area contributed by atoms with E-state index in [2.05, 4.69) is 54.7 Å². The van der Waals surface area contributed by atoms with Crippen LogP contribution < -0.4 is 5.32 Å². The molecule has 0 saturated carbocycles. The Bertz CT molecular complexity index is 1450. The van der Waals surface area contributed by atoms with Crippen LogP contribution in [0.5, 0.6) is 0 Å². The molecule has 3 heterocycles. The summed E-state index contributed by atoms with van der Waals surface area (Å²) in [5.74, 6) is 7.78. The predicted molar refractivity (Wildman–Crippen MR) is 157 cm³/mol. The largest absolute Gasteiger partial charge is 0.378 e. The first-order valence-corrected chi connectivity index (χ1v) is 13.4. The lowest BCUT2D eigenvalue weighted by atomic mass is 9.91. The third kappa shape index (κ3) is 7.05. The second kappa shape index (κ2) is 11.3. The summed E-state index contributed by atoms with van der Waals surface area (Å²) in [4.78, 5) is 15.4. The van der Waals surface area contributed by atoms with Crippen LogP contribution in [0.2, 0.25) is 0 Å². The molecule has 5 nitrogen and oxygen atoms in total. The molecule has 2 aliphatic rings. The van der Waals surface area contributed by atoms with Crippen molar-refractivity contribution in [1.82, 2.24) is 9.97 Å². The van der Waals surface area contributed by atoms with Crippen molar-refractivity contribution >= 4 is 39.2 Å². The molecule has 37 heavy (non-hydrogen) atoms. The second-order valence-corrected chi connectivity index (χ2v) is 11.7. The molecule has 4 rings (SSSR count). The van der Waals surface area contributed by atoms with Gasteiger partial charge in [0.05, 0.1) is 10.3 Å². The van der Waals surface area contributed by atoms with Crippen LogP contribution in [0.25, 0.3) is 15.8 Å². The lowest BCUT2D eigenvalue weighted by Gasteiger charge is -2.17. The third-order valence-corrected chi connectivity index (χ3v) is 7.32. The van der Waals surface area contributed by atoms with Crippen molar-refractivity contribution in [2.75, 3.05) is 11.9 Å². The van der Waals surface area contributed by atoms with Crippen LogP contribution in [0.4, 0.5) is 5.82 Å². The van der Waals surface area contributed by atoms with Crippen molar-refractivity contribution in [2.45, 2.75) is 64.9 Å². The quantitative estimate of drug-likeness (QED) is 0.252. The molecular formula is C31H34N4OS. The van der Waals surface area contributed by atoms with Gasteiger partial charge in [0, 0.05) is 29.4 Å². The van der Waals surface area contributed by atoms with Gasteiger partial charge < -0.3 is 10.4 Å². The van der Waals surface area contributed by atoms with Crippen molar-refractivity contribution in [3.05, 3.63) is 76.3 Å². The molecule has 0 spiro atoms. The van der Waals surface area contributed by atoms with Gasteiger partial charge in [0.1, 0.15) is 16.9 Å². The zero-order valence-electron chi connectivity index (χ0n) is 22.2. The van der Waals surface area contributed by atoms with E-state index in [0.29, 0.717) is 12.2 Å². The molecule has 0 saturated heterocycles. The monoisotopic (exact) mass is 510 g/mol. The molecule has 0 radical (unpaired) electrons. The van der Waals surface area contributed by atoms with E-state index in [1.165, 1.54) is 5.57 Å². The number of aliphatic hydroxyl groups is 1. The van der Waals surface area contributed by atoms with Crippen LogP contribution in [0.1, 0.15) is 70.1 Å². The van der Waals surface area contributed by atoms with Gasteiger partial charge in [-0.1, -0.05) is 56.9 Å². The van der Waals surface area contributed by atoms with E-state index in [0.717, 1.165) is 51.4 Å². The summed E-state index contributed by atoms with van der Waals surface area (Å²) in [5.41, 5.74) is 5.89. The van der Waals surface area contributed by atoms with Gasteiger partial charge in [-0.2, -0.15) is 0 Å². The zero-order chi connectivity index (χ0) is 26.5. The van der Waals surface area contributed by atoms with Gasteiger partial charge >= 0.3 is 0 Å². The third-order valence-electron chi connectivity index (χ3n) is 5.70. The average molecular weight is 511 g/mol. The summed E-state index contributed by atoms with van der Waals surface area (Å²) in [7, 11) is 0. The number of rotatable bonds is 6. The molecule has 1 aliphatic heterocycles. The van der Waals surface area contributed by atoms with Gasteiger partial charge in [-0.25, -0.2) is 9.97 Å². The predicted octanol–water partition coefficient (Wildman–Crippen LogP) is 6.88. The summed E-state index contributed by atoms with van der Waals surface area (Å²) < 4.78 is 0.992. The Balaban J connectivity index is 1.76. The van der Waals surface area contributed by atoms with E-state index < -0.39 is 5.60 Å². The maximum Gasteiger partial charge on any atom is 0.158 e. The highest BCUT2D eigenvalue weighted by Crippen LogP contribution is 2.41. The molecule has 0 fully saturated rings. The van der Waals surface area contributed by atoms with Crippen LogP contribution in [0.15, 0.2) is 65.0 Å². The number of aliphatic imine (C=N–C) groups is 1. The number of hydrogen-bond acceptors (Lipinski definition) is 6. The van der Waals surface area contributed by atoms with E-state index in [9.17, 15) is 5.11 Å². The SMILES string of the molecule is CC(C)(O)C#Cc1c(C(C)(C)C)sc2c(NCCCC3=CC=CC=C=C3)nc(C3=CC=NC=CC3)nc12. The normalized spacial score (nSPS) is 15.2. The highest BCUT2D eigenvalue weighted by molar-refractivity contribution is 7.20. The molecule has 0 amide bonds. The molecule has 2 aromatic heterocycles. The van der Waals surface area contributed by atoms with E-state index in [-0.39, 0.29) is 5.41 Å². The number of nitrogens with zero attached hydrogens (tertiary/aromatic N) is 3. The Morgan fingerprint density at radius 3 is 2.76 bits per heavy atom. The fourth-order valence-corrected chi connectivity index (χ4v) is 5.12. The van der Waals surface area contributed by atoms with Crippen LogP contribution in [-0.4, -0.2) is 33.4 Å². The lowest BCUT2D eigenvalue weighted by Crippen LogP contribution is -2.15. The first-order valence-electron chi connectivity index (χ1n) is 12.6. The Labute approximate surface area is 223 Å². The van der Waals surface area contributed by atoms with Crippen LogP contribution in [0.3, 0.4) is 0 Å². The molecular weight excluding hydrogens is 476 g/mol. The minimum Gasteiger partial charge on any atom is -0.378 e. The molecule has 0 aromatic carbocycles. The molecule has 0 unspecified atom stereocenters. The number of anilines is 1. The molecule has 1 aliphatic carbocycles. The zero-order valence-corrected chi connectivity index (χ0v) is 23.0. The van der Waals surface area contributed by atoms with Crippen molar-refractivity contribution in [2.24, 2.45) is 4.99 Å². The standard InChI is InChI=1S/C31H34N4OS/c1-30(2,3)27-24(16-18-31(4,5)36)25-26(37-27)29(33-20-10-14-22-12-8-6-7-9-13-22)35-28(34-25)23-15-11-19-32-21-17-23/h6-8,11-13,17,19,21,36H,10,14-15,20H2,1-5H3,(H,33,34,35). The highest BCUT2D eigenvalue weighted by atomic mass is 32.1. The lowest BCUT2D eigenvalue weighted by molar-refractivity contribution is 0.143. The van der Waals surface area contributed by atoms with Crippen LogP contribution in [0, 0.1) is 11.8 Å². The minimum absolute atomic E-state index is 0.136. The number of aromatic nitrogens is 2. The second-order valence-electron chi connectivity index (χ2n) is 10.7. The number of nitrogens with one attached hydrogen (secondary N) is 1. The molecule has 190 valence electrons. The molecule has 6 heteroatoms. The van der Waals surface area contributed by atoms with Crippen molar-refractivity contribution < 1.29 is 5.11 Å². The first kappa shape index (κ1) is 26.6. The van der Waals surface area contributed by atoms with Gasteiger partial charge in [-0.3, -0.25) is 4.99 Å². The Hall–Kier alpha value is -3.49. The van der Waals surface area contributed by atoms with Crippen molar-refractivity contribution in [3.63, 3.8) is 0 Å². The minimum atomic E-state index is -1.10. The average Bonchev–Trinajstić information content (AvgIpc) is 3.02. The first-order chi connectivity index (χ1) is 17.6. The number of hydrogen-bond donors (Lipinski definition) is 2. The Kier molecular flexibility index (Phi) is 8.10. The molecule has 2 N–H and O–H groups in total. The van der Waals surface area contributed by atoms with E-state index >= 15 is 0 Å². The van der Waals surface area contributed by atoms with E-state index in [1.807, 2.05) is 36.5 Å².